The second-order valence-electron chi connectivity index (χ2n) is 10.3. The molecule has 0 saturated heterocycles. The molecule has 4 amide bonds. The standard InChI is InChI=1S/C31H26N4O5/c32-10-1-11-33-12-13-34-28(37)20-6-2-16-18-4-8-22-27-23(31(40)35(14-15-36)30(22)39)9-5-19(25(18)27)17-3-7-21(29(34)38)26(20)24(16)17/h2-9,33,36H,1,10-15,32H2. The summed E-state index contributed by atoms with van der Waals surface area (Å²) in [6.07, 6.45) is 0.816. The van der Waals surface area contributed by atoms with E-state index >= 15 is 0 Å². The Kier molecular flexibility index (Phi) is 5.57. The summed E-state index contributed by atoms with van der Waals surface area (Å²) < 4.78 is 0. The van der Waals surface area contributed by atoms with Crippen LogP contribution in [0.3, 0.4) is 0 Å². The van der Waals surface area contributed by atoms with E-state index in [-0.39, 0.29) is 31.5 Å². The number of fused-ring (bicyclic) bond motifs is 2. The van der Waals surface area contributed by atoms with Gasteiger partial charge in [0.25, 0.3) is 23.6 Å². The summed E-state index contributed by atoms with van der Waals surface area (Å²) in [5.74, 6) is -1.50. The van der Waals surface area contributed by atoms with Crippen molar-refractivity contribution in [2.24, 2.45) is 5.73 Å². The Morgan fingerprint density at radius 2 is 0.975 bits per heavy atom. The predicted octanol–water partition coefficient (Wildman–Crippen LogP) is 2.86. The van der Waals surface area contributed by atoms with E-state index in [9.17, 15) is 24.3 Å². The molecule has 0 aliphatic carbocycles. The summed E-state index contributed by atoms with van der Waals surface area (Å²) in [6.45, 7) is 1.65. The van der Waals surface area contributed by atoms with Crippen LogP contribution in [-0.4, -0.2) is 77.9 Å². The smallest absolute Gasteiger partial charge is 0.261 e. The average molecular weight is 535 g/mol. The molecule has 5 aromatic carbocycles. The van der Waals surface area contributed by atoms with Crippen LogP contribution < -0.4 is 11.1 Å². The van der Waals surface area contributed by atoms with Gasteiger partial charge in [-0.1, -0.05) is 24.3 Å². The number of amides is 4. The maximum atomic E-state index is 13.6. The quantitative estimate of drug-likeness (QED) is 0.121. The van der Waals surface area contributed by atoms with Gasteiger partial charge in [-0.3, -0.25) is 29.0 Å². The molecule has 2 aliphatic rings. The van der Waals surface area contributed by atoms with E-state index in [1.807, 2.05) is 24.3 Å². The van der Waals surface area contributed by atoms with Crippen LogP contribution in [0.2, 0.25) is 0 Å². The number of imide groups is 2. The van der Waals surface area contributed by atoms with Gasteiger partial charge in [0, 0.05) is 46.1 Å². The monoisotopic (exact) mass is 534 g/mol. The third-order valence-corrected chi connectivity index (χ3v) is 8.20. The number of rotatable bonds is 8. The molecule has 40 heavy (non-hydrogen) atoms. The highest BCUT2D eigenvalue weighted by Crippen LogP contribution is 2.46. The maximum Gasteiger partial charge on any atom is 0.261 e. The van der Waals surface area contributed by atoms with E-state index in [1.54, 1.807) is 24.3 Å². The van der Waals surface area contributed by atoms with Crippen LogP contribution in [0.5, 0.6) is 0 Å². The normalized spacial score (nSPS) is 15.2. The first-order valence-corrected chi connectivity index (χ1v) is 13.4. The predicted molar refractivity (Wildman–Crippen MR) is 152 cm³/mol. The Morgan fingerprint density at radius 3 is 1.35 bits per heavy atom. The number of carbonyl (C=O) groups excluding carboxylic acids is 4. The minimum Gasteiger partial charge on any atom is -0.395 e. The van der Waals surface area contributed by atoms with Gasteiger partial charge in [0.2, 0.25) is 0 Å². The molecule has 0 atom stereocenters. The van der Waals surface area contributed by atoms with Crippen molar-refractivity contribution < 1.29 is 24.3 Å². The summed E-state index contributed by atoms with van der Waals surface area (Å²) in [4.78, 5) is 56.0. The van der Waals surface area contributed by atoms with Gasteiger partial charge in [0.15, 0.2) is 0 Å². The number of hydrogen-bond acceptors (Lipinski definition) is 7. The van der Waals surface area contributed by atoms with Crippen molar-refractivity contribution in [2.75, 3.05) is 39.3 Å². The number of carbonyl (C=O) groups is 4. The van der Waals surface area contributed by atoms with E-state index < -0.39 is 11.8 Å². The van der Waals surface area contributed by atoms with Gasteiger partial charge in [-0.25, -0.2) is 0 Å². The Hall–Kier alpha value is -4.44. The molecular formula is C31H26N4O5. The van der Waals surface area contributed by atoms with Crippen LogP contribution >= 0.6 is 0 Å². The van der Waals surface area contributed by atoms with Crippen molar-refractivity contribution in [1.29, 1.82) is 0 Å². The fourth-order valence-electron chi connectivity index (χ4n) is 6.42. The highest BCUT2D eigenvalue weighted by atomic mass is 16.3. The topological polar surface area (TPSA) is 133 Å². The zero-order chi connectivity index (χ0) is 27.7. The van der Waals surface area contributed by atoms with Crippen molar-refractivity contribution >= 4 is 66.7 Å². The van der Waals surface area contributed by atoms with Crippen molar-refractivity contribution in [1.82, 2.24) is 15.1 Å². The largest absolute Gasteiger partial charge is 0.395 e. The van der Waals surface area contributed by atoms with Gasteiger partial charge in [-0.15, -0.1) is 0 Å². The lowest BCUT2D eigenvalue weighted by Gasteiger charge is -2.30. The van der Waals surface area contributed by atoms with Crippen LogP contribution in [0.15, 0.2) is 48.5 Å². The Labute approximate surface area is 228 Å². The molecule has 2 heterocycles. The number of aliphatic hydroxyl groups is 1. The second kappa shape index (κ2) is 9.06. The number of nitrogens with one attached hydrogen (secondary N) is 1. The highest BCUT2D eigenvalue weighted by molar-refractivity contribution is 6.41. The molecule has 0 radical (unpaired) electrons. The number of nitrogens with two attached hydrogens (primary N) is 1. The van der Waals surface area contributed by atoms with Gasteiger partial charge in [-0.05, 0) is 76.1 Å². The van der Waals surface area contributed by atoms with Crippen molar-refractivity contribution in [3.63, 3.8) is 0 Å². The molecule has 2 aliphatic heterocycles. The molecule has 0 spiro atoms. The summed E-state index contributed by atoms with van der Waals surface area (Å²) >= 11 is 0. The number of hydrogen-bond donors (Lipinski definition) is 3. The molecule has 7 rings (SSSR count). The van der Waals surface area contributed by atoms with Crippen molar-refractivity contribution in [2.45, 2.75) is 6.42 Å². The Morgan fingerprint density at radius 1 is 0.575 bits per heavy atom. The van der Waals surface area contributed by atoms with Gasteiger partial charge >= 0.3 is 0 Å². The van der Waals surface area contributed by atoms with Gasteiger partial charge in [-0.2, -0.15) is 0 Å². The lowest BCUT2D eigenvalue weighted by molar-refractivity contribution is 0.0575. The maximum absolute atomic E-state index is 13.6. The van der Waals surface area contributed by atoms with Gasteiger partial charge in [0.05, 0.1) is 13.2 Å². The van der Waals surface area contributed by atoms with E-state index in [4.69, 9.17) is 5.73 Å². The third kappa shape index (κ3) is 3.19. The van der Waals surface area contributed by atoms with Crippen molar-refractivity contribution in [3.8, 4) is 0 Å². The molecule has 200 valence electrons. The number of nitrogens with zero attached hydrogens (tertiary/aromatic N) is 2. The minimum absolute atomic E-state index is 0.0708. The molecule has 9 heteroatoms. The van der Waals surface area contributed by atoms with Crippen molar-refractivity contribution in [3.05, 3.63) is 70.8 Å². The molecule has 0 fully saturated rings. The van der Waals surface area contributed by atoms with Gasteiger partial charge < -0.3 is 16.2 Å². The van der Waals surface area contributed by atoms with E-state index in [2.05, 4.69) is 5.32 Å². The summed E-state index contributed by atoms with van der Waals surface area (Å²) in [5.41, 5.74) is 7.34. The van der Waals surface area contributed by atoms with Gasteiger partial charge in [0.1, 0.15) is 0 Å². The fraction of sp³-hybridized carbons (Fsp3) is 0.226. The Balaban J connectivity index is 1.44. The zero-order valence-corrected chi connectivity index (χ0v) is 21.6. The molecule has 4 N–H and O–H groups in total. The third-order valence-electron chi connectivity index (χ3n) is 8.20. The summed E-state index contributed by atoms with van der Waals surface area (Å²) in [5, 5.41) is 18.9. The SMILES string of the molecule is NCCCNCCN1C(=O)c2ccc3c4ccc5c6c(ccc(c7ccc(c2c37)C1=O)c64)C(=O)N(CCO)C5=O. The molecule has 0 unspecified atom stereocenters. The van der Waals surface area contributed by atoms with Crippen LogP contribution in [-0.2, 0) is 0 Å². The number of benzene rings is 5. The first-order chi connectivity index (χ1) is 19.5. The van der Waals surface area contributed by atoms with E-state index in [0.29, 0.717) is 46.1 Å². The highest BCUT2D eigenvalue weighted by Gasteiger charge is 2.36. The number of aliphatic hydroxyl groups excluding tert-OH is 1. The minimum atomic E-state index is -0.430. The van der Waals surface area contributed by atoms with Crippen LogP contribution in [0.25, 0.3) is 43.1 Å². The summed E-state index contributed by atoms with van der Waals surface area (Å²) in [7, 11) is 0. The molecular weight excluding hydrogens is 508 g/mol. The average Bonchev–Trinajstić information content (AvgIpc) is 2.97. The molecule has 0 saturated carbocycles. The molecule has 5 aromatic rings. The first kappa shape index (κ1) is 24.6. The molecule has 0 bridgehead atoms. The van der Waals surface area contributed by atoms with Crippen LogP contribution in [0.4, 0.5) is 0 Å². The summed E-state index contributed by atoms with van der Waals surface area (Å²) in [6, 6.07) is 14.5. The zero-order valence-electron chi connectivity index (χ0n) is 21.6. The second-order valence-corrected chi connectivity index (χ2v) is 10.3. The van der Waals surface area contributed by atoms with E-state index in [0.717, 1.165) is 50.2 Å². The molecule has 9 nitrogen and oxygen atoms in total. The van der Waals surface area contributed by atoms with Crippen LogP contribution in [0, 0.1) is 0 Å². The number of β-amino-alcohol motifs (C(OH)–C–C–N with tert-alkyl or cyclic N) is 1. The van der Waals surface area contributed by atoms with E-state index in [1.165, 1.54) is 4.90 Å². The fourth-order valence-corrected chi connectivity index (χ4v) is 6.42. The lowest BCUT2D eigenvalue weighted by atomic mass is 9.82. The Bertz CT molecular complexity index is 1810. The lowest BCUT2D eigenvalue weighted by Crippen LogP contribution is -2.44. The first-order valence-electron chi connectivity index (χ1n) is 13.4. The molecule has 0 aromatic heterocycles. The van der Waals surface area contributed by atoms with Crippen LogP contribution in [0.1, 0.15) is 47.9 Å².